The van der Waals surface area contributed by atoms with Crippen LogP contribution in [0.2, 0.25) is 0 Å². The van der Waals surface area contributed by atoms with Crippen molar-refractivity contribution < 1.29 is 12.8 Å². The van der Waals surface area contributed by atoms with E-state index in [1.54, 1.807) is 24.5 Å². The summed E-state index contributed by atoms with van der Waals surface area (Å²) in [6.07, 6.45) is 1.59. The lowest BCUT2D eigenvalue weighted by Gasteiger charge is -2.22. The zero-order chi connectivity index (χ0) is 16.3. The highest BCUT2D eigenvalue weighted by Gasteiger charge is 2.21. The lowest BCUT2D eigenvalue weighted by molar-refractivity contribution is 0.259. The van der Waals surface area contributed by atoms with Crippen molar-refractivity contribution in [1.29, 1.82) is 0 Å². The minimum Gasteiger partial charge on any atom is -0.468 e. The van der Waals surface area contributed by atoms with Gasteiger partial charge in [-0.2, -0.15) is 0 Å². The molecule has 0 unspecified atom stereocenters. The van der Waals surface area contributed by atoms with Gasteiger partial charge in [-0.15, -0.1) is 0 Å². The molecule has 0 amide bonds. The monoisotopic (exact) mass is 322 g/mol. The van der Waals surface area contributed by atoms with Gasteiger partial charge in [0.1, 0.15) is 5.76 Å². The molecule has 0 aliphatic carbocycles. The molecule has 22 heavy (non-hydrogen) atoms. The second kappa shape index (κ2) is 6.64. The Hall–Kier alpha value is -1.63. The summed E-state index contributed by atoms with van der Waals surface area (Å²) >= 11 is 0. The number of hydrogen-bond donors (Lipinski definition) is 1. The summed E-state index contributed by atoms with van der Waals surface area (Å²) in [5.41, 5.74) is 2.03. The maximum atomic E-state index is 12.4. The van der Waals surface area contributed by atoms with Gasteiger partial charge in [0.2, 0.25) is 10.0 Å². The van der Waals surface area contributed by atoms with Crippen LogP contribution >= 0.6 is 0 Å². The second-order valence-electron chi connectivity index (χ2n) is 5.59. The highest BCUT2D eigenvalue weighted by atomic mass is 32.2. The van der Waals surface area contributed by atoms with Crippen molar-refractivity contribution in [3.63, 3.8) is 0 Å². The average Bonchev–Trinajstić information content (AvgIpc) is 2.95. The molecule has 6 heteroatoms. The summed E-state index contributed by atoms with van der Waals surface area (Å²) in [7, 11) is 0.235. The van der Waals surface area contributed by atoms with Crippen LogP contribution in [0.25, 0.3) is 0 Å². The number of aryl methyl sites for hydroxylation is 2. The number of nitrogens with one attached hydrogen (secondary N) is 1. The number of hydrogen-bond acceptors (Lipinski definition) is 4. The maximum absolute atomic E-state index is 12.4. The van der Waals surface area contributed by atoms with Crippen LogP contribution in [0, 0.1) is 13.8 Å². The molecule has 1 aromatic heterocycles. The van der Waals surface area contributed by atoms with Crippen LogP contribution in [-0.4, -0.2) is 34.0 Å². The Kier molecular flexibility index (Phi) is 5.05. The van der Waals surface area contributed by atoms with E-state index in [0.29, 0.717) is 0 Å². The van der Waals surface area contributed by atoms with E-state index in [1.807, 2.05) is 45.0 Å². The van der Waals surface area contributed by atoms with E-state index in [1.165, 1.54) is 0 Å². The van der Waals surface area contributed by atoms with Gasteiger partial charge in [0, 0.05) is 6.54 Å². The minimum atomic E-state index is -3.54. The van der Waals surface area contributed by atoms with Crippen molar-refractivity contribution in [2.24, 2.45) is 0 Å². The van der Waals surface area contributed by atoms with Crippen molar-refractivity contribution in [1.82, 2.24) is 9.62 Å². The molecule has 0 saturated heterocycles. The lowest BCUT2D eigenvalue weighted by Crippen LogP contribution is -2.34. The Morgan fingerprint density at radius 2 is 1.91 bits per heavy atom. The number of rotatable bonds is 6. The van der Waals surface area contributed by atoms with Gasteiger partial charge in [0.15, 0.2) is 0 Å². The van der Waals surface area contributed by atoms with Crippen LogP contribution in [0.1, 0.15) is 22.9 Å². The zero-order valence-corrected chi connectivity index (χ0v) is 14.1. The molecule has 1 heterocycles. The SMILES string of the molecule is Cc1ccc(S(=O)(=O)NC[C@H](c2ccco2)N(C)C)cc1C. The number of sulfonamides is 1. The van der Waals surface area contributed by atoms with E-state index in [4.69, 9.17) is 4.42 Å². The van der Waals surface area contributed by atoms with Crippen LogP contribution in [-0.2, 0) is 10.0 Å². The molecular formula is C16H22N2O3S. The highest BCUT2D eigenvalue weighted by Crippen LogP contribution is 2.19. The molecule has 0 radical (unpaired) electrons. The molecule has 5 nitrogen and oxygen atoms in total. The third-order valence-corrected chi connectivity index (χ3v) is 5.17. The quantitative estimate of drug-likeness (QED) is 0.887. The van der Waals surface area contributed by atoms with Gasteiger partial charge in [-0.1, -0.05) is 6.07 Å². The minimum absolute atomic E-state index is 0.156. The Bertz CT molecular complexity index is 722. The summed E-state index contributed by atoms with van der Waals surface area (Å²) in [5.74, 6) is 0.729. The van der Waals surface area contributed by atoms with Gasteiger partial charge in [-0.3, -0.25) is 4.90 Å². The van der Waals surface area contributed by atoms with Crippen molar-refractivity contribution in [3.05, 3.63) is 53.5 Å². The fourth-order valence-corrected chi connectivity index (χ4v) is 3.29. The molecule has 2 rings (SSSR count). The summed E-state index contributed by atoms with van der Waals surface area (Å²) in [5, 5.41) is 0. The van der Waals surface area contributed by atoms with Crippen LogP contribution in [0.5, 0.6) is 0 Å². The molecule has 0 spiro atoms. The molecule has 1 atom stereocenters. The van der Waals surface area contributed by atoms with E-state index in [-0.39, 0.29) is 17.5 Å². The number of nitrogens with zero attached hydrogens (tertiary/aromatic N) is 1. The van der Waals surface area contributed by atoms with Gasteiger partial charge in [0.05, 0.1) is 17.2 Å². The van der Waals surface area contributed by atoms with Crippen molar-refractivity contribution in [3.8, 4) is 0 Å². The first-order chi connectivity index (χ1) is 10.3. The smallest absolute Gasteiger partial charge is 0.240 e. The van der Waals surface area contributed by atoms with Crippen molar-refractivity contribution in [2.45, 2.75) is 24.8 Å². The number of furan rings is 1. The van der Waals surface area contributed by atoms with Crippen LogP contribution in [0.15, 0.2) is 45.9 Å². The topological polar surface area (TPSA) is 62.6 Å². The van der Waals surface area contributed by atoms with Gasteiger partial charge in [-0.25, -0.2) is 13.1 Å². The predicted octanol–water partition coefficient (Wildman–Crippen LogP) is 2.48. The summed E-state index contributed by atoms with van der Waals surface area (Å²) in [6.45, 7) is 4.10. The molecular weight excluding hydrogens is 300 g/mol. The van der Waals surface area contributed by atoms with E-state index in [0.717, 1.165) is 16.9 Å². The standard InChI is InChI=1S/C16H22N2O3S/c1-12-7-8-14(10-13(12)2)22(19,20)17-11-15(18(3)4)16-6-5-9-21-16/h5-10,15,17H,11H2,1-4H3/t15-/m1/s1. The van der Waals surface area contributed by atoms with Crippen LogP contribution in [0.3, 0.4) is 0 Å². The van der Waals surface area contributed by atoms with Gasteiger partial charge in [-0.05, 0) is 63.3 Å². The first kappa shape index (κ1) is 16.7. The van der Waals surface area contributed by atoms with Crippen molar-refractivity contribution >= 4 is 10.0 Å². The number of likely N-dealkylation sites (N-methyl/N-ethyl adjacent to an activating group) is 1. The fourth-order valence-electron chi connectivity index (χ4n) is 2.17. The molecule has 0 bridgehead atoms. The van der Waals surface area contributed by atoms with Gasteiger partial charge in [0.25, 0.3) is 0 Å². The first-order valence-electron chi connectivity index (χ1n) is 7.08. The molecule has 0 fully saturated rings. The first-order valence-corrected chi connectivity index (χ1v) is 8.56. The summed E-state index contributed by atoms with van der Waals surface area (Å²) in [6, 6.07) is 8.62. The molecule has 1 aromatic carbocycles. The molecule has 0 saturated carbocycles. The molecule has 0 aliphatic rings. The highest BCUT2D eigenvalue weighted by molar-refractivity contribution is 7.89. The normalized spacial score (nSPS) is 13.5. The Morgan fingerprint density at radius 3 is 2.45 bits per heavy atom. The third kappa shape index (κ3) is 3.76. The van der Waals surface area contributed by atoms with E-state index in [2.05, 4.69) is 4.72 Å². The lowest BCUT2D eigenvalue weighted by atomic mass is 10.1. The fraction of sp³-hybridized carbons (Fsp3) is 0.375. The number of benzene rings is 1. The van der Waals surface area contributed by atoms with Gasteiger partial charge < -0.3 is 4.42 Å². The second-order valence-corrected chi connectivity index (χ2v) is 7.36. The zero-order valence-electron chi connectivity index (χ0n) is 13.3. The van der Waals surface area contributed by atoms with Crippen molar-refractivity contribution in [2.75, 3.05) is 20.6 Å². The maximum Gasteiger partial charge on any atom is 0.240 e. The Labute approximate surface area is 132 Å². The largest absolute Gasteiger partial charge is 0.468 e. The van der Waals surface area contributed by atoms with E-state index < -0.39 is 10.0 Å². The Balaban J connectivity index is 2.16. The summed E-state index contributed by atoms with van der Waals surface area (Å²) < 4.78 is 32.9. The average molecular weight is 322 g/mol. The summed E-state index contributed by atoms with van der Waals surface area (Å²) in [4.78, 5) is 2.20. The predicted molar refractivity (Wildman–Crippen MR) is 86.2 cm³/mol. The molecule has 0 aliphatic heterocycles. The molecule has 120 valence electrons. The molecule has 2 aromatic rings. The van der Waals surface area contributed by atoms with Gasteiger partial charge >= 0.3 is 0 Å². The van der Waals surface area contributed by atoms with E-state index in [9.17, 15) is 8.42 Å². The van der Waals surface area contributed by atoms with E-state index >= 15 is 0 Å². The third-order valence-electron chi connectivity index (χ3n) is 3.75. The Morgan fingerprint density at radius 1 is 1.18 bits per heavy atom. The molecule has 1 N–H and O–H groups in total. The van der Waals surface area contributed by atoms with Crippen LogP contribution in [0.4, 0.5) is 0 Å². The van der Waals surface area contributed by atoms with Crippen LogP contribution < -0.4 is 4.72 Å².